The summed E-state index contributed by atoms with van der Waals surface area (Å²) in [5.74, 6) is 2.40. The summed E-state index contributed by atoms with van der Waals surface area (Å²) in [6.45, 7) is 6.85. The van der Waals surface area contributed by atoms with E-state index in [1.54, 1.807) is 6.92 Å². The average molecular weight is 250 g/mol. The van der Waals surface area contributed by atoms with E-state index in [4.69, 9.17) is 0 Å². The second kappa shape index (κ2) is 6.93. The van der Waals surface area contributed by atoms with Crippen LogP contribution in [0.3, 0.4) is 0 Å². The third-order valence-corrected chi connectivity index (χ3v) is 2.58. The fraction of sp³-hybridized carbons (Fsp3) is 0.615. The van der Waals surface area contributed by atoms with Crippen molar-refractivity contribution in [3.8, 4) is 0 Å². The molecule has 0 saturated heterocycles. The summed E-state index contributed by atoms with van der Waals surface area (Å²) in [6.07, 6.45) is 2.29. The zero-order valence-corrected chi connectivity index (χ0v) is 11.7. The third kappa shape index (κ3) is 4.69. The van der Waals surface area contributed by atoms with Crippen molar-refractivity contribution in [3.63, 3.8) is 0 Å². The Kier molecular flexibility index (Phi) is 5.55. The number of aryl methyl sites for hydroxylation is 1. The summed E-state index contributed by atoms with van der Waals surface area (Å²) in [6, 6.07) is 1.88. The van der Waals surface area contributed by atoms with Gasteiger partial charge in [0.1, 0.15) is 23.2 Å². The molecule has 0 fully saturated rings. The highest BCUT2D eigenvalue weighted by Gasteiger charge is 2.06. The number of carbonyl (C=O) groups excluding carboxylic acids is 1. The summed E-state index contributed by atoms with van der Waals surface area (Å²) < 4.78 is 0. The molecule has 100 valence electrons. The van der Waals surface area contributed by atoms with Gasteiger partial charge in [0.15, 0.2) is 0 Å². The molecule has 0 radical (unpaired) electrons. The minimum atomic E-state index is 0.0900. The molecule has 0 aromatic carbocycles. The van der Waals surface area contributed by atoms with Gasteiger partial charge in [-0.25, -0.2) is 9.97 Å². The van der Waals surface area contributed by atoms with Crippen LogP contribution in [0.4, 0.5) is 11.6 Å². The molecule has 1 heterocycles. The molecule has 1 aromatic heterocycles. The predicted molar refractivity (Wildman–Crippen MR) is 74.1 cm³/mol. The van der Waals surface area contributed by atoms with Crippen LogP contribution >= 0.6 is 0 Å². The zero-order valence-electron chi connectivity index (χ0n) is 11.7. The number of hydrogen-bond acceptors (Lipinski definition) is 5. The number of hydrogen-bond donors (Lipinski definition) is 1. The van der Waals surface area contributed by atoms with E-state index in [0.717, 1.165) is 25.2 Å². The minimum absolute atomic E-state index is 0.0900. The van der Waals surface area contributed by atoms with Crippen molar-refractivity contribution < 1.29 is 4.79 Å². The smallest absolute Gasteiger partial charge is 0.148 e. The van der Waals surface area contributed by atoms with Gasteiger partial charge in [0.25, 0.3) is 0 Å². The second-order valence-electron chi connectivity index (χ2n) is 4.49. The molecule has 0 aliphatic heterocycles. The number of nitrogens with zero attached hydrogens (tertiary/aromatic N) is 3. The lowest BCUT2D eigenvalue weighted by molar-refractivity contribution is -0.115. The van der Waals surface area contributed by atoms with Gasteiger partial charge in [0.05, 0.1) is 6.54 Å². The minimum Gasteiger partial charge on any atom is -0.363 e. The standard InChI is InChI=1S/C13H22N4O/c1-5-6-7-17(4)13-8-12(14-9-10(2)18)15-11(3)16-13/h8H,5-7,9H2,1-4H3,(H,14,15,16). The van der Waals surface area contributed by atoms with Gasteiger partial charge in [-0.1, -0.05) is 13.3 Å². The van der Waals surface area contributed by atoms with E-state index in [1.807, 2.05) is 20.0 Å². The highest BCUT2D eigenvalue weighted by atomic mass is 16.1. The summed E-state index contributed by atoms with van der Waals surface area (Å²) in [5.41, 5.74) is 0. The Hall–Kier alpha value is -1.65. The third-order valence-electron chi connectivity index (χ3n) is 2.58. The van der Waals surface area contributed by atoms with Crippen molar-refractivity contribution in [2.45, 2.75) is 33.6 Å². The van der Waals surface area contributed by atoms with Crippen molar-refractivity contribution in [1.29, 1.82) is 0 Å². The molecule has 0 aliphatic rings. The topological polar surface area (TPSA) is 58.1 Å². The van der Waals surface area contributed by atoms with Crippen LogP contribution in [0.25, 0.3) is 0 Å². The van der Waals surface area contributed by atoms with Gasteiger partial charge in [-0.3, -0.25) is 4.79 Å². The van der Waals surface area contributed by atoms with Gasteiger partial charge < -0.3 is 10.2 Å². The fourth-order valence-electron chi connectivity index (χ4n) is 1.56. The first-order valence-corrected chi connectivity index (χ1v) is 6.33. The molecule has 5 heteroatoms. The Bertz CT molecular complexity index is 406. The van der Waals surface area contributed by atoms with E-state index in [2.05, 4.69) is 27.1 Å². The monoisotopic (exact) mass is 250 g/mol. The lowest BCUT2D eigenvalue weighted by Gasteiger charge is -2.18. The molecule has 0 bridgehead atoms. The quantitative estimate of drug-likeness (QED) is 0.802. The molecule has 5 nitrogen and oxygen atoms in total. The number of nitrogens with one attached hydrogen (secondary N) is 1. The Labute approximate surface area is 109 Å². The predicted octanol–water partition coefficient (Wildman–Crippen LogP) is 2.02. The van der Waals surface area contributed by atoms with Gasteiger partial charge in [0, 0.05) is 19.7 Å². The van der Waals surface area contributed by atoms with Crippen molar-refractivity contribution in [2.24, 2.45) is 0 Å². The summed E-state index contributed by atoms with van der Waals surface area (Å²) >= 11 is 0. The van der Waals surface area contributed by atoms with Crippen LogP contribution in [0.5, 0.6) is 0 Å². The molecule has 1 aromatic rings. The number of rotatable bonds is 7. The summed E-state index contributed by atoms with van der Waals surface area (Å²) in [7, 11) is 2.02. The largest absolute Gasteiger partial charge is 0.363 e. The van der Waals surface area contributed by atoms with Gasteiger partial charge in [-0.15, -0.1) is 0 Å². The van der Waals surface area contributed by atoms with E-state index in [1.165, 1.54) is 0 Å². The normalized spacial score (nSPS) is 10.2. The van der Waals surface area contributed by atoms with Crippen molar-refractivity contribution in [2.75, 3.05) is 30.4 Å². The molecular weight excluding hydrogens is 228 g/mol. The molecule has 0 amide bonds. The lowest BCUT2D eigenvalue weighted by Crippen LogP contribution is -2.21. The summed E-state index contributed by atoms with van der Waals surface area (Å²) in [4.78, 5) is 21.7. The first-order valence-electron chi connectivity index (χ1n) is 6.33. The fourth-order valence-corrected chi connectivity index (χ4v) is 1.56. The first kappa shape index (κ1) is 14.4. The van der Waals surface area contributed by atoms with Crippen LogP contribution in [0.15, 0.2) is 6.07 Å². The zero-order chi connectivity index (χ0) is 13.5. The van der Waals surface area contributed by atoms with Crippen LogP contribution in [0.1, 0.15) is 32.5 Å². The van der Waals surface area contributed by atoms with Crippen LogP contribution in [0.2, 0.25) is 0 Å². The highest BCUT2D eigenvalue weighted by Crippen LogP contribution is 2.15. The maximum atomic E-state index is 10.9. The van der Waals surface area contributed by atoms with Crippen LogP contribution in [0, 0.1) is 6.92 Å². The van der Waals surface area contributed by atoms with Gasteiger partial charge >= 0.3 is 0 Å². The van der Waals surface area contributed by atoms with Crippen molar-refractivity contribution in [3.05, 3.63) is 11.9 Å². The molecule has 0 aliphatic carbocycles. The Morgan fingerprint density at radius 2 is 2.17 bits per heavy atom. The molecule has 1 rings (SSSR count). The van der Waals surface area contributed by atoms with Crippen LogP contribution in [-0.4, -0.2) is 35.9 Å². The van der Waals surface area contributed by atoms with Crippen LogP contribution < -0.4 is 10.2 Å². The Balaban J connectivity index is 2.76. The maximum absolute atomic E-state index is 10.9. The Morgan fingerprint density at radius 3 is 2.78 bits per heavy atom. The molecule has 0 saturated carbocycles. The van der Waals surface area contributed by atoms with Gasteiger partial charge in [-0.2, -0.15) is 0 Å². The second-order valence-corrected chi connectivity index (χ2v) is 4.49. The number of unbranched alkanes of at least 4 members (excludes halogenated alkanes) is 1. The van der Waals surface area contributed by atoms with E-state index in [0.29, 0.717) is 18.2 Å². The lowest BCUT2D eigenvalue weighted by atomic mass is 10.3. The maximum Gasteiger partial charge on any atom is 0.148 e. The number of ketones is 1. The number of aromatic nitrogens is 2. The van der Waals surface area contributed by atoms with Gasteiger partial charge in [-0.05, 0) is 20.3 Å². The number of Topliss-reactive ketones (excluding diaryl/α,β-unsaturated/α-hetero) is 1. The summed E-state index contributed by atoms with van der Waals surface area (Å²) in [5, 5.41) is 3.01. The van der Waals surface area contributed by atoms with Gasteiger partial charge in [0.2, 0.25) is 0 Å². The van der Waals surface area contributed by atoms with E-state index < -0.39 is 0 Å². The van der Waals surface area contributed by atoms with Crippen molar-refractivity contribution in [1.82, 2.24) is 9.97 Å². The number of anilines is 2. The number of carbonyl (C=O) groups is 1. The van der Waals surface area contributed by atoms with E-state index in [9.17, 15) is 4.79 Å². The Morgan fingerprint density at radius 1 is 1.44 bits per heavy atom. The molecule has 0 atom stereocenters. The molecular formula is C13H22N4O. The van der Waals surface area contributed by atoms with E-state index in [-0.39, 0.29) is 5.78 Å². The molecule has 18 heavy (non-hydrogen) atoms. The average Bonchev–Trinajstić information content (AvgIpc) is 2.32. The molecule has 0 unspecified atom stereocenters. The molecule has 0 spiro atoms. The van der Waals surface area contributed by atoms with E-state index >= 15 is 0 Å². The highest BCUT2D eigenvalue weighted by molar-refractivity contribution is 5.80. The SMILES string of the molecule is CCCCN(C)c1cc(NCC(C)=O)nc(C)n1. The van der Waals surface area contributed by atoms with Crippen molar-refractivity contribution >= 4 is 17.4 Å². The molecule has 1 N–H and O–H groups in total. The first-order chi connectivity index (χ1) is 8.52. The van der Waals surface area contributed by atoms with Crippen LogP contribution in [-0.2, 0) is 4.79 Å².